The zero-order chi connectivity index (χ0) is 16.6. The van der Waals surface area contributed by atoms with Gasteiger partial charge in [-0.3, -0.25) is 0 Å². The van der Waals surface area contributed by atoms with Crippen molar-refractivity contribution in [3.8, 4) is 0 Å². The number of hydrogen-bond donors (Lipinski definition) is 1. The van der Waals surface area contributed by atoms with Gasteiger partial charge in [0.2, 0.25) is 10.0 Å². The number of rotatable bonds is 4. The molecule has 3 aromatic rings. The first-order valence-corrected chi connectivity index (χ1v) is 8.95. The van der Waals surface area contributed by atoms with Crippen molar-refractivity contribution in [1.29, 1.82) is 0 Å². The standard InChI is InChI=1S/C16H16ClN3O2S/c1-11-18-14-9-8-12(10-15(14)20(11)2)16(17)19-23(21,22)13-6-4-3-5-7-13/h3-10,16,19H,1-2H3. The van der Waals surface area contributed by atoms with Crippen LogP contribution in [0.15, 0.2) is 53.4 Å². The van der Waals surface area contributed by atoms with Crippen molar-refractivity contribution in [3.05, 3.63) is 59.9 Å². The van der Waals surface area contributed by atoms with Crippen LogP contribution in [0.25, 0.3) is 11.0 Å². The second-order valence-corrected chi connectivity index (χ2v) is 7.41. The van der Waals surface area contributed by atoms with Gasteiger partial charge in [0.05, 0.1) is 15.9 Å². The van der Waals surface area contributed by atoms with E-state index in [1.165, 1.54) is 12.1 Å². The Morgan fingerprint density at radius 2 is 1.87 bits per heavy atom. The molecule has 1 unspecified atom stereocenters. The molecule has 0 amide bonds. The summed E-state index contributed by atoms with van der Waals surface area (Å²) in [5.41, 5.74) is 1.56. The van der Waals surface area contributed by atoms with Gasteiger partial charge in [-0.1, -0.05) is 35.9 Å². The molecule has 0 aliphatic heterocycles. The molecule has 2 aromatic carbocycles. The lowest BCUT2D eigenvalue weighted by molar-refractivity contribution is 0.579. The zero-order valence-corrected chi connectivity index (χ0v) is 14.3. The number of sulfonamides is 1. The van der Waals surface area contributed by atoms with Gasteiger partial charge in [0, 0.05) is 7.05 Å². The molecule has 0 saturated heterocycles. The largest absolute Gasteiger partial charge is 0.331 e. The molecule has 0 radical (unpaired) electrons. The predicted molar refractivity (Wildman–Crippen MR) is 90.8 cm³/mol. The molecule has 0 spiro atoms. The number of alkyl halides is 1. The van der Waals surface area contributed by atoms with Crippen LogP contribution in [0.4, 0.5) is 0 Å². The van der Waals surface area contributed by atoms with Gasteiger partial charge in [-0.15, -0.1) is 0 Å². The first kappa shape index (κ1) is 16.0. The van der Waals surface area contributed by atoms with Crippen LogP contribution in [-0.4, -0.2) is 18.0 Å². The van der Waals surface area contributed by atoms with Crippen molar-refractivity contribution in [2.45, 2.75) is 17.3 Å². The Bertz CT molecular complexity index is 952. The topological polar surface area (TPSA) is 64.0 Å². The first-order valence-electron chi connectivity index (χ1n) is 7.03. The number of aryl methyl sites for hydroxylation is 2. The maximum Gasteiger partial charge on any atom is 0.242 e. The lowest BCUT2D eigenvalue weighted by Crippen LogP contribution is -2.25. The summed E-state index contributed by atoms with van der Waals surface area (Å²) in [6.07, 6.45) is 0. The molecule has 1 N–H and O–H groups in total. The molecule has 0 saturated carbocycles. The first-order chi connectivity index (χ1) is 10.9. The van der Waals surface area contributed by atoms with E-state index in [2.05, 4.69) is 9.71 Å². The summed E-state index contributed by atoms with van der Waals surface area (Å²) in [5, 5.41) is 0. The van der Waals surface area contributed by atoms with Crippen molar-refractivity contribution in [2.24, 2.45) is 7.05 Å². The molecule has 0 fully saturated rings. The number of fused-ring (bicyclic) bond motifs is 1. The maximum atomic E-state index is 12.3. The number of halogens is 1. The molecule has 3 rings (SSSR count). The number of aromatic nitrogens is 2. The van der Waals surface area contributed by atoms with Crippen molar-refractivity contribution in [1.82, 2.24) is 14.3 Å². The van der Waals surface area contributed by atoms with Gasteiger partial charge >= 0.3 is 0 Å². The molecule has 120 valence electrons. The van der Waals surface area contributed by atoms with Crippen LogP contribution in [0.5, 0.6) is 0 Å². The quantitative estimate of drug-likeness (QED) is 0.581. The number of hydrogen-bond acceptors (Lipinski definition) is 3. The highest BCUT2D eigenvalue weighted by molar-refractivity contribution is 7.89. The summed E-state index contributed by atoms with van der Waals surface area (Å²) in [6, 6.07) is 13.6. The van der Waals surface area contributed by atoms with Gasteiger partial charge in [0.15, 0.2) is 0 Å². The van der Waals surface area contributed by atoms with Crippen LogP contribution in [-0.2, 0) is 17.1 Å². The highest BCUT2D eigenvalue weighted by Gasteiger charge is 2.20. The smallest absolute Gasteiger partial charge is 0.242 e. The third kappa shape index (κ3) is 3.10. The Labute approximate surface area is 140 Å². The lowest BCUT2D eigenvalue weighted by atomic mass is 10.2. The van der Waals surface area contributed by atoms with Crippen LogP contribution in [0.1, 0.15) is 16.9 Å². The van der Waals surface area contributed by atoms with Crippen molar-refractivity contribution in [3.63, 3.8) is 0 Å². The van der Waals surface area contributed by atoms with Crippen LogP contribution < -0.4 is 4.72 Å². The van der Waals surface area contributed by atoms with E-state index in [9.17, 15) is 8.42 Å². The van der Waals surface area contributed by atoms with Crippen LogP contribution in [0.2, 0.25) is 0 Å². The monoisotopic (exact) mass is 349 g/mol. The fourth-order valence-electron chi connectivity index (χ4n) is 2.36. The van der Waals surface area contributed by atoms with Crippen molar-refractivity contribution in [2.75, 3.05) is 0 Å². The molecule has 1 atom stereocenters. The second-order valence-electron chi connectivity index (χ2n) is 5.26. The molecular weight excluding hydrogens is 334 g/mol. The Kier molecular flexibility index (Phi) is 4.14. The van der Waals surface area contributed by atoms with Crippen LogP contribution >= 0.6 is 11.6 Å². The summed E-state index contributed by atoms with van der Waals surface area (Å²) in [6.45, 7) is 1.91. The Hall–Kier alpha value is -1.89. The predicted octanol–water partition coefficient (Wildman–Crippen LogP) is 3.10. The summed E-state index contributed by atoms with van der Waals surface area (Å²) < 4.78 is 29.1. The number of imidazole rings is 1. The molecule has 1 heterocycles. The minimum absolute atomic E-state index is 0.183. The highest BCUT2D eigenvalue weighted by atomic mass is 35.5. The van der Waals surface area contributed by atoms with E-state index in [0.29, 0.717) is 5.56 Å². The molecule has 1 aromatic heterocycles. The van der Waals surface area contributed by atoms with Crippen molar-refractivity contribution < 1.29 is 8.42 Å². The van der Waals surface area contributed by atoms with E-state index in [4.69, 9.17) is 11.6 Å². The SMILES string of the molecule is Cc1nc2ccc(C(Cl)NS(=O)(=O)c3ccccc3)cc2n1C. The van der Waals surface area contributed by atoms with E-state index >= 15 is 0 Å². The van der Waals surface area contributed by atoms with Gasteiger partial charge in [-0.2, -0.15) is 4.72 Å². The number of nitrogens with one attached hydrogen (secondary N) is 1. The minimum Gasteiger partial charge on any atom is -0.331 e. The fourth-order valence-corrected chi connectivity index (χ4v) is 3.90. The van der Waals surface area contributed by atoms with Crippen LogP contribution in [0, 0.1) is 6.92 Å². The Balaban J connectivity index is 1.91. The zero-order valence-electron chi connectivity index (χ0n) is 12.7. The third-order valence-corrected chi connectivity index (χ3v) is 5.66. The Morgan fingerprint density at radius 3 is 2.57 bits per heavy atom. The molecule has 7 heteroatoms. The van der Waals surface area contributed by atoms with E-state index in [1.807, 2.05) is 30.7 Å². The molecule has 0 aliphatic carbocycles. The average Bonchev–Trinajstić information content (AvgIpc) is 2.82. The number of benzene rings is 2. The van der Waals surface area contributed by atoms with Gasteiger partial charge < -0.3 is 4.57 Å². The molecular formula is C16H16ClN3O2S. The third-order valence-electron chi connectivity index (χ3n) is 3.73. The summed E-state index contributed by atoms with van der Waals surface area (Å²) in [4.78, 5) is 4.60. The lowest BCUT2D eigenvalue weighted by Gasteiger charge is -2.13. The summed E-state index contributed by atoms with van der Waals surface area (Å²) >= 11 is 6.28. The fraction of sp³-hybridized carbons (Fsp3) is 0.188. The second kappa shape index (κ2) is 5.96. The molecule has 0 aliphatic rings. The van der Waals surface area contributed by atoms with Gasteiger partial charge in [-0.05, 0) is 36.8 Å². The van der Waals surface area contributed by atoms with E-state index < -0.39 is 15.5 Å². The Morgan fingerprint density at radius 1 is 1.17 bits per heavy atom. The molecule has 23 heavy (non-hydrogen) atoms. The molecule has 0 bridgehead atoms. The minimum atomic E-state index is -3.67. The number of nitrogens with zero attached hydrogens (tertiary/aromatic N) is 2. The van der Waals surface area contributed by atoms with E-state index in [1.54, 1.807) is 24.3 Å². The van der Waals surface area contributed by atoms with Gasteiger partial charge in [0.1, 0.15) is 11.3 Å². The summed E-state index contributed by atoms with van der Waals surface area (Å²) in [7, 11) is -1.76. The van der Waals surface area contributed by atoms with Crippen LogP contribution in [0.3, 0.4) is 0 Å². The van der Waals surface area contributed by atoms with Crippen molar-refractivity contribution >= 4 is 32.7 Å². The normalized spacial score (nSPS) is 13.3. The average molecular weight is 350 g/mol. The maximum absolute atomic E-state index is 12.3. The van der Waals surface area contributed by atoms with Gasteiger partial charge in [0.25, 0.3) is 0 Å². The van der Waals surface area contributed by atoms with E-state index in [0.717, 1.165) is 16.9 Å². The molecule has 5 nitrogen and oxygen atoms in total. The van der Waals surface area contributed by atoms with E-state index in [-0.39, 0.29) is 4.90 Å². The van der Waals surface area contributed by atoms with Gasteiger partial charge in [-0.25, -0.2) is 13.4 Å². The highest BCUT2D eigenvalue weighted by Crippen LogP contribution is 2.25. The summed E-state index contributed by atoms with van der Waals surface area (Å²) in [5.74, 6) is 0.883.